The maximum atomic E-state index is 6.98. The standard InChI is InChI=1S/C52H31N3OS/c1-2-14-33-29-34(24-23-30(33)11-1)48-51-49(37-17-7-8-22-44(37)57-51)54-52(53-48)39-19-10-21-43-45(39)38-18-9-20-42(50(38)56-43)55-40-27-25-31-12-3-5-15-35(31)46(40)47-36-16-6-4-13-32(36)26-28-41(47)55/h1-7,9-21,23-29H,8,22H2. The highest BCUT2D eigenvalue weighted by Gasteiger charge is 2.24. The van der Waals surface area contributed by atoms with E-state index in [2.05, 4.69) is 168 Å². The van der Waals surface area contributed by atoms with Crippen molar-refractivity contribution in [2.45, 2.75) is 12.8 Å². The lowest BCUT2D eigenvalue weighted by Gasteiger charge is -2.10. The second-order valence-electron chi connectivity index (χ2n) is 15.1. The van der Waals surface area contributed by atoms with Crippen LogP contribution >= 0.6 is 11.3 Å². The van der Waals surface area contributed by atoms with E-state index in [1.54, 1.807) is 0 Å². The van der Waals surface area contributed by atoms with Crippen LogP contribution in [0.2, 0.25) is 0 Å². The molecule has 4 nitrogen and oxygen atoms in total. The summed E-state index contributed by atoms with van der Waals surface area (Å²) in [6.45, 7) is 0. The van der Waals surface area contributed by atoms with Gasteiger partial charge in [-0.15, -0.1) is 11.3 Å². The summed E-state index contributed by atoms with van der Waals surface area (Å²) in [5.74, 6) is 0.707. The molecule has 13 rings (SSSR count). The number of allylic oxidation sites excluding steroid dienone is 1. The van der Waals surface area contributed by atoms with Crippen molar-refractivity contribution in [2.24, 2.45) is 0 Å². The van der Waals surface area contributed by atoms with Gasteiger partial charge in [-0.2, -0.15) is 0 Å². The van der Waals surface area contributed by atoms with Gasteiger partial charge >= 0.3 is 0 Å². The van der Waals surface area contributed by atoms with Gasteiger partial charge in [0, 0.05) is 43.1 Å². The van der Waals surface area contributed by atoms with Crippen LogP contribution < -0.4 is 0 Å². The van der Waals surface area contributed by atoms with E-state index in [1.165, 1.54) is 53.5 Å². The van der Waals surface area contributed by atoms with Gasteiger partial charge < -0.3 is 8.98 Å². The van der Waals surface area contributed by atoms with Crippen LogP contribution in [-0.2, 0) is 6.42 Å². The quantitative estimate of drug-likeness (QED) is 0.181. The van der Waals surface area contributed by atoms with Gasteiger partial charge in [0.15, 0.2) is 11.4 Å². The van der Waals surface area contributed by atoms with Crippen molar-refractivity contribution in [1.82, 2.24) is 14.5 Å². The van der Waals surface area contributed by atoms with E-state index in [0.717, 1.165) is 78.5 Å². The Hall–Kier alpha value is -7.08. The van der Waals surface area contributed by atoms with Crippen LogP contribution in [0.25, 0.3) is 121 Å². The second kappa shape index (κ2) is 11.7. The Morgan fingerprint density at radius 2 is 1.26 bits per heavy atom. The predicted molar refractivity (Wildman–Crippen MR) is 240 cm³/mol. The fraction of sp³-hybridized carbons (Fsp3) is 0.0385. The molecule has 0 saturated carbocycles. The molecule has 5 heteroatoms. The Labute approximate surface area is 330 Å². The third-order valence-electron chi connectivity index (χ3n) is 12.0. The smallest absolute Gasteiger partial charge is 0.161 e. The van der Waals surface area contributed by atoms with Crippen LogP contribution in [-0.4, -0.2) is 14.5 Å². The highest BCUT2D eigenvalue weighted by atomic mass is 32.1. The zero-order valence-corrected chi connectivity index (χ0v) is 31.5. The molecule has 0 aliphatic heterocycles. The number of benzene rings is 8. The van der Waals surface area contributed by atoms with Crippen molar-refractivity contribution in [3.05, 3.63) is 168 Å². The zero-order chi connectivity index (χ0) is 37.2. The molecule has 0 bridgehead atoms. The Balaban J connectivity index is 1.10. The summed E-state index contributed by atoms with van der Waals surface area (Å²) in [6.07, 6.45) is 6.61. The van der Waals surface area contributed by atoms with Crippen LogP contribution in [0.3, 0.4) is 0 Å². The number of aryl methyl sites for hydroxylation is 1. The summed E-state index contributed by atoms with van der Waals surface area (Å²) in [6, 6.07) is 54.5. The van der Waals surface area contributed by atoms with Crippen molar-refractivity contribution < 1.29 is 4.42 Å². The average molecular weight is 746 g/mol. The minimum Gasteiger partial charge on any atom is -0.454 e. The van der Waals surface area contributed by atoms with Crippen LogP contribution in [0.5, 0.6) is 0 Å². The fourth-order valence-corrected chi connectivity index (χ4v) is 10.7. The average Bonchev–Trinajstić information content (AvgIpc) is 3.96. The van der Waals surface area contributed by atoms with Gasteiger partial charge in [0.05, 0.1) is 32.6 Å². The highest BCUT2D eigenvalue weighted by molar-refractivity contribution is 7.19. The fourth-order valence-electron chi connectivity index (χ4n) is 9.47. The highest BCUT2D eigenvalue weighted by Crippen LogP contribution is 2.46. The molecule has 0 radical (unpaired) electrons. The lowest BCUT2D eigenvalue weighted by atomic mass is 10.00. The maximum absolute atomic E-state index is 6.98. The Morgan fingerprint density at radius 1 is 0.579 bits per heavy atom. The van der Waals surface area contributed by atoms with E-state index in [-0.39, 0.29) is 0 Å². The van der Waals surface area contributed by atoms with Gasteiger partial charge in [-0.3, -0.25) is 0 Å². The molecule has 1 aliphatic rings. The van der Waals surface area contributed by atoms with E-state index in [1.807, 2.05) is 11.3 Å². The number of thiophene rings is 1. The molecule has 0 saturated heterocycles. The van der Waals surface area contributed by atoms with E-state index in [9.17, 15) is 0 Å². The van der Waals surface area contributed by atoms with Gasteiger partial charge in [0.25, 0.3) is 0 Å². The summed E-state index contributed by atoms with van der Waals surface area (Å²) in [5.41, 5.74) is 10.2. The van der Waals surface area contributed by atoms with Crippen LogP contribution in [0.4, 0.5) is 0 Å². The molecule has 0 atom stereocenters. The third-order valence-corrected chi connectivity index (χ3v) is 13.3. The first-order valence-corrected chi connectivity index (χ1v) is 20.4. The number of furan rings is 1. The van der Waals surface area contributed by atoms with Gasteiger partial charge in [0.1, 0.15) is 5.58 Å². The minimum absolute atomic E-state index is 0.707. The molecule has 4 heterocycles. The molecule has 266 valence electrons. The van der Waals surface area contributed by atoms with Gasteiger partial charge in [0.2, 0.25) is 0 Å². The number of hydrogen-bond donors (Lipinski definition) is 0. The zero-order valence-electron chi connectivity index (χ0n) is 30.7. The second-order valence-corrected chi connectivity index (χ2v) is 16.3. The maximum Gasteiger partial charge on any atom is 0.161 e. The predicted octanol–water partition coefficient (Wildman–Crippen LogP) is 14.4. The minimum atomic E-state index is 0.707. The number of fused-ring (bicyclic) bond motifs is 14. The molecule has 0 unspecified atom stereocenters. The molecule has 12 aromatic rings. The summed E-state index contributed by atoms with van der Waals surface area (Å²) in [5, 5.41) is 11.9. The number of para-hydroxylation sites is 1. The lowest BCUT2D eigenvalue weighted by molar-refractivity contribution is 0.666. The third kappa shape index (κ3) is 4.43. The number of aromatic nitrogens is 3. The molecule has 1 aliphatic carbocycles. The lowest BCUT2D eigenvalue weighted by Crippen LogP contribution is -1.96. The van der Waals surface area contributed by atoms with Gasteiger partial charge in [-0.1, -0.05) is 133 Å². The monoisotopic (exact) mass is 745 g/mol. The first-order valence-electron chi connectivity index (χ1n) is 19.5. The van der Waals surface area contributed by atoms with E-state index >= 15 is 0 Å². The number of rotatable bonds is 3. The SMILES string of the molecule is C1=Cc2c(sc3c(-c4ccc5ccccc5c4)nc(-c4cccc5oc6c(-n7c8ccc9ccccc9c8c8c9ccccc9ccc87)cccc6c45)nc23)CC1. The van der Waals surface area contributed by atoms with Gasteiger partial charge in [-0.25, -0.2) is 9.97 Å². The van der Waals surface area contributed by atoms with Crippen molar-refractivity contribution in [3.63, 3.8) is 0 Å². The molecule has 0 spiro atoms. The van der Waals surface area contributed by atoms with Crippen molar-refractivity contribution >= 4 is 104 Å². The van der Waals surface area contributed by atoms with Crippen LogP contribution in [0.15, 0.2) is 162 Å². The summed E-state index contributed by atoms with van der Waals surface area (Å²) >= 11 is 1.84. The van der Waals surface area contributed by atoms with E-state index in [0.29, 0.717) is 5.82 Å². The van der Waals surface area contributed by atoms with Crippen molar-refractivity contribution in [3.8, 4) is 28.3 Å². The normalized spacial score (nSPS) is 13.1. The van der Waals surface area contributed by atoms with Crippen LogP contribution in [0, 0.1) is 0 Å². The first kappa shape index (κ1) is 31.2. The molecule has 0 N–H and O–H groups in total. The molecular weight excluding hydrogens is 715 g/mol. The van der Waals surface area contributed by atoms with Crippen molar-refractivity contribution in [2.75, 3.05) is 0 Å². The molecule has 0 amide bonds. The van der Waals surface area contributed by atoms with Crippen LogP contribution in [0.1, 0.15) is 16.9 Å². The number of nitrogens with zero attached hydrogens (tertiary/aromatic N) is 3. The Bertz CT molecular complexity index is 3620. The number of hydrogen-bond acceptors (Lipinski definition) is 4. The summed E-state index contributed by atoms with van der Waals surface area (Å²) in [4.78, 5) is 12.3. The van der Waals surface area contributed by atoms with Gasteiger partial charge in [-0.05, 0) is 75.5 Å². The first-order chi connectivity index (χ1) is 28.3. The largest absolute Gasteiger partial charge is 0.454 e. The molecular formula is C52H31N3OS. The molecule has 8 aromatic carbocycles. The Kier molecular flexibility index (Phi) is 6.40. The molecule has 57 heavy (non-hydrogen) atoms. The molecule has 0 fully saturated rings. The summed E-state index contributed by atoms with van der Waals surface area (Å²) < 4.78 is 10.5. The topological polar surface area (TPSA) is 43.9 Å². The Morgan fingerprint density at radius 3 is 2.05 bits per heavy atom. The van der Waals surface area contributed by atoms with E-state index < -0.39 is 0 Å². The molecule has 4 aromatic heterocycles. The van der Waals surface area contributed by atoms with Crippen molar-refractivity contribution in [1.29, 1.82) is 0 Å². The summed E-state index contributed by atoms with van der Waals surface area (Å²) in [7, 11) is 0. The van der Waals surface area contributed by atoms with E-state index in [4.69, 9.17) is 14.4 Å².